The van der Waals surface area contributed by atoms with E-state index in [9.17, 15) is 22.8 Å². The van der Waals surface area contributed by atoms with Crippen molar-refractivity contribution in [1.29, 1.82) is 0 Å². The minimum Gasteiger partial charge on any atom is -0.352 e. The number of carbonyl (C=O) groups is 2. The van der Waals surface area contributed by atoms with Gasteiger partial charge in [0.15, 0.2) is 0 Å². The summed E-state index contributed by atoms with van der Waals surface area (Å²) in [6.45, 7) is 2.33. The lowest BCUT2D eigenvalue weighted by Crippen LogP contribution is -2.55. The third-order valence-electron chi connectivity index (χ3n) is 8.11. The van der Waals surface area contributed by atoms with Crippen molar-refractivity contribution in [3.05, 3.63) is 107 Å². The second-order valence-corrected chi connectivity index (χ2v) is 10.8. The summed E-state index contributed by atoms with van der Waals surface area (Å²) in [6, 6.07) is 25.0. The predicted molar refractivity (Wildman–Crippen MR) is 147 cm³/mol. The van der Waals surface area contributed by atoms with Gasteiger partial charge in [-0.15, -0.1) is 0 Å². The smallest absolute Gasteiger partial charge is 0.352 e. The van der Waals surface area contributed by atoms with E-state index in [0.29, 0.717) is 51.0 Å². The highest BCUT2D eigenvalue weighted by atomic mass is 19.4. The standard InChI is InChI=1S/C32H34F3N3O2/c33-32(34,35)27-14-7-9-24(21-27)22-37-19-15-28(16-20-37)36-29(39)23-38-18-8-17-31(30(38)40,25-10-3-1-4-11-25)26-12-5-2-6-13-26/h1-7,9-14,21,28H,8,15-20,22-23H2,(H,36,39). The van der Waals surface area contributed by atoms with Crippen molar-refractivity contribution in [3.63, 3.8) is 0 Å². The molecule has 40 heavy (non-hydrogen) atoms. The fourth-order valence-corrected chi connectivity index (χ4v) is 6.10. The molecule has 1 N–H and O–H groups in total. The first kappa shape index (κ1) is 27.9. The fourth-order valence-electron chi connectivity index (χ4n) is 6.10. The summed E-state index contributed by atoms with van der Waals surface area (Å²) in [4.78, 5) is 30.9. The number of piperidine rings is 2. The van der Waals surface area contributed by atoms with Crippen LogP contribution in [-0.2, 0) is 27.7 Å². The summed E-state index contributed by atoms with van der Waals surface area (Å²) in [5.74, 6) is -0.233. The van der Waals surface area contributed by atoms with E-state index in [1.54, 1.807) is 11.0 Å². The van der Waals surface area contributed by atoms with E-state index in [1.165, 1.54) is 12.1 Å². The van der Waals surface area contributed by atoms with Crippen LogP contribution in [0.1, 0.15) is 47.9 Å². The van der Waals surface area contributed by atoms with Gasteiger partial charge in [0.05, 0.1) is 17.5 Å². The van der Waals surface area contributed by atoms with Gasteiger partial charge in [0, 0.05) is 32.2 Å². The molecule has 0 unspecified atom stereocenters. The van der Waals surface area contributed by atoms with Crippen LogP contribution in [0.15, 0.2) is 84.9 Å². The van der Waals surface area contributed by atoms with E-state index in [1.807, 2.05) is 60.7 Å². The Morgan fingerprint density at radius 1 is 0.875 bits per heavy atom. The SMILES string of the molecule is O=C(CN1CCCC(c2ccccc2)(c2ccccc2)C1=O)NC1CCN(Cc2cccc(C(F)(F)F)c2)CC1. The molecule has 2 saturated heterocycles. The average molecular weight is 550 g/mol. The van der Waals surface area contributed by atoms with Crippen LogP contribution in [0.2, 0.25) is 0 Å². The van der Waals surface area contributed by atoms with Crippen LogP contribution in [0, 0.1) is 0 Å². The number of carbonyl (C=O) groups excluding carboxylic acids is 2. The topological polar surface area (TPSA) is 52.7 Å². The van der Waals surface area contributed by atoms with Gasteiger partial charge in [0.2, 0.25) is 11.8 Å². The predicted octanol–water partition coefficient (Wildman–Crippen LogP) is 5.39. The van der Waals surface area contributed by atoms with Crippen molar-refractivity contribution >= 4 is 11.8 Å². The zero-order valence-electron chi connectivity index (χ0n) is 22.4. The maximum Gasteiger partial charge on any atom is 0.416 e. The van der Waals surface area contributed by atoms with Gasteiger partial charge >= 0.3 is 6.18 Å². The normalized spacial score (nSPS) is 18.5. The molecule has 3 aromatic carbocycles. The van der Waals surface area contributed by atoms with E-state index in [4.69, 9.17) is 0 Å². The Bertz CT molecular complexity index is 1270. The summed E-state index contributed by atoms with van der Waals surface area (Å²) in [7, 11) is 0. The molecule has 0 atom stereocenters. The molecule has 2 aliphatic heterocycles. The molecular weight excluding hydrogens is 515 g/mol. The lowest BCUT2D eigenvalue weighted by atomic mass is 9.68. The Morgan fingerprint density at radius 2 is 1.50 bits per heavy atom. The van der Waals surface area contributed by atoms with Crippen molar-refractivity contribution in [3.8, 4) is 0 Å². The molecule has 8 heteroatoms. The summed E-state index contributed by atoms with van der Waals surface area (Å²) in [5, 5.41) is 3.10. The molecule has 0 aliphatic carbocycles. The number of halogens is 3. The van der Waals surface area contributed by atoms with Crippen LogP contribution in [0.3, 0.4) is 0 Å². The third-order valence-corrected chi connectivity index (χ3v) is 8.11. The number of nitrogens with one attached hydrogen (secondary N) is 1. The summed E-state index contributed by atoms with van der Waals surface area (Å²) in [6.07, 6.45) is -1.48. The van der Waals surface area contributed by atoms with E-state index in [0.717, 1.165) is 23.6 Å². The molecule has 3 aromatic rings. The van der Waals surface area contributed by atoms with E-state index in [2.05, 4.69) is 10.2 Å². The second-order valence-electron chi connectivity index (χ2n) is 10.8. The van der Waals surface area contributed by atoms with Crippen LogP contribution < -0.4 is 5.32 Å². The first-order valence-corrected chi connectivity index (χ1v) is 13.8. The number of nitrogens with zero attached hydrogens (tertiary/aromatic N) is 2. The fraction of sp³-hybridized carbons (Fsp3) is 0.375. The number of alkyl halides is 3. The quantitative estimate of drug-likeness (QED) is 0.430. The molecule has 0 spiro atoms. The van der Waals surface area contributed by atoms with E-state index < -0.39 is 17.2 Å². The number of likely N-dealkylation sites (tertiary alicyclic amines) is 2. The summed E-state index contributed by atoms with van der Waals surface area (Å²) >= 11 is 0. The molecule has 2 heterocycles. The van der Waals surface area contributed by atoms with E-state index >= 15 is 0 Å². The van der Waals surface area contributed by atoms with Crippen molar-refractivity contribution in [2.75, 3.05) is 26.2 Å². The summed E-state index contributed by atoms with van der Waals surface area (Å²) < 4.78 is 39.1. The van der Waals surface area contributed by atoms with Gasteiger partial charge in [0.1, 0.15) is 0 Å². The monoisotopic (exact) mass is 549 g/mol. The lowest BCUT2D eigenvalue weighted by molar-refractivity contribution is -0.142. The van der Waals surface area contributed by atoms with Crippen molar-refractivity contribution in [2.45, 2.75) is 49.9 Å². The molecule has 210 valence electrons. The number of benzene rings is 3. The minimum atomic E-state index is -4.36. The van der Waals surface area contributed by atoms with Crippen molar-refractivity contribution < 1.29 is 22.8 Å². The van der Waals surface area contributed by atoms with Crippen LogP contribution in [0.4, 0.5) is 13.2 Å². The lowest BCUT2D eigenvalue weighted by Gasteiger charge is -2.42. The van der Waals surface area contributed by atoms with E-state index in [-0.39, 0.29) is 24.4 Å². The van der Waals surface area contributed by atoms with Crippen LogP contribution >= 0.6 is 0 Å². The van der Waals surface area contributed by atoms with Crippen LogP contribution in [-0.4, -0.2) is 53.8 Å². The molecular formula is C32H34F3N3O2. The Kier molecular flexibility index (Phi) is 8.26. The van der Waals surface area contributed by atoms with Gasteiger partial charge in [-0.3, -0.25) is 14.5 Å². The Balaban J connectivity index is 1.19. The van der Waals surface area contributed by atoms with Crippen LogP contribution in [0.5, 0.6) is 0 Å². The molecule has 2 amide bonds. The Hall–Kier alpha value is -3.65. The van der Waals surface area contributed by atoms with Gasteiger partial charge < -0.3 is 10.2 Å². The molecule has 0 aromatic heterocycles. The molecule has 0 radical (unpaired) electrons. The number of amides is 2. The Labute approximate surface area is 233 Å². The Morgan fingerprint density at radius 3 is 2.10 bits per heavy atom. The minimum absolute atomic E-state index is 0.00466. The molecule has 2 aliphatic rings. The van der Waals surface area contributed by atoms with Gasteiger partial charge in [0.25, 0.3) is 0 Å². The van der Waals surface area contributed by atoms with Crippen LogP contribution in [0.25, 0.3) is 0 Å². The number of hydrogen-bond donors (Lipinski definition) is 1. The molecule has 0 saturated carbocycles. The van der Waals surface area contributed by atoms with Crippen molar-refractivity contribution in [2.24, 2.45) is 0 Å². The largest absolute Gasteiger partial charge is 0.416 e. The zero-order valence-corrected chi connectivity index (χ0v) is 22.4. The zero-order chi connectivity index (χ0) is 28.2. The summed E-state index contributed by atoms with van der Waals surface area (Å²) in [5.41, 5.74) is 1.04. The molecule has 2 fully saturated rings. The first-order chi connectivity index (χ1) is 19.3. The number of hydrogen-bond acceptors (Lipinski definition) is 3. The van der Waals surface area contributed by atoms with Gasteiger partial charge in [-0.1, -0.05) is 78.9 Å². The maximum absolute atomic E-state index is 14.0. The highest BCUT2D eigenvalue weighted by Gasteiger charge is 2.47. The number of rotatable bonds is 7. The van der Waals surface area contributed by atoms with Crippen molar-refractivity contribution in [1.82, 2.24) is 15.1 Å². The average Bonchev–Trinajstić information content (AvgIpc) is 2.96. The second kappa shape index (κ2) is 11.8. The highest BCUT2D eigenvalue weighted by Crippen LogP contribution is 2.41. The molecule has 0 bridgehead atoms. The molecule has 5 rings (SSSR count). The maximum atomic E-state index is 14.0. The molecule has 5 nitrogen and oxygen atoms in total. The third kappa shape index (κ3) is 6.07. The van der Waals surface area contributed by atoms with Gasteiger partial charge in [-0.25, -0.2) is 0 Å². The highest BCUT2D eigenvalue weighted by molar-refractivity contribution is 5.95. The van der Waals surface area contributed by atoms with Gasteiger partial charge in [-0.2, -0.15) is 13.2 Å². The van der Waals surface area contributed by atoms with Gasteiger partial charge in [-0.05, 0) is 48.4 Å². The first-order valence-electron chi connectivity index (χ1n) is 13.8.